The van der Waals surface area contributed by atoms with Gasteiger partial charge in [0, 0.05) is 38.2 Å². The molecule has 0 N–H and O–H groups in total. The number of amides is 2. The number of carbonyl (C=O) groups excluding carboxylic acids is 2. The molecule has 5 nitrogen and oxygen atoms in total. The lowest BCUT2D eigenvalue weighted by Crippen LogP contribution is -2.38. The zero-order valence-electron chi connectivity index (χ0n) is 15.5. The standard InChI is InChI=1S/C19H27FN2O3/c1-19(2,3)13-17(23)21-8-5-9-22(11-10-21)18(24)14-6-7-16(25-4)15(20)12-14/h6-7,12H,5,8-11,13H2,1-4H3. The second-order valence-electron chi connectivity index (χ2n) is 7.61. The van der Waals surface area contributed by atoms with Gasteiger partial charge in [0.25, 0.3) is 5.91 Å². The highest BCUT2D eigenvalue weighted by Crippen LogP contribution is 2.21. The molecule has 1 heterocycles. The predicted molar refractivity (Wildman–Crippen MR) is 94.1 cm³/mol. The number of benzene rings is 1. The average Bonchev–Trinajstić information content (AvgIpc) is 2.78. The summed E-state index contributed by atoms with van der Waals surface area (Å²) in [6.07, 6.45) is 1.21. The molecule has 0 atom stereocenters. The lowest BCUT2D eigenvalue weighted by atomic mass is 9.91. The number of nitrogens with zero attached hydrogens (tertiary/aromatic N) is 2. The quantitative estimate of drug-likeness (QED) is 0.842. The van der Waals surface area contributed by atoms with E-state index in [0.29, 0.717) is 38.2 Å². The first kappa shape index (κ1) is 19.2. The molecule has 2 rings (SSSR count). The van der Waals surface area contributed by atoms with Gasteiger partial charge in [-0.05, 0) is 30.0 Å². The van der Waals surface area contributed by atoms with Gasteiger partial charge in [-0.3, -0.25) is 9.59 Å². The highest BCUT2D eigenvalue weighted by molar-refractivity contribution is 5.94. The molecular formula is C19H27FN2O3. The summed E-state index contributed by atoms with van der Waals surface area (Å²) in [5.41, 5.74) is 0.243. The van der Waals surface area contributed by atoms with E-state index in [9.17, 15) is 14.0 Å². The molecule has 0 aliphatic carbocycles. The fraction of sp³-hybridized carbons (Fsp3) is 0.579. The van der Waals surface area contributed by atoms with Crippen LogP contribution < -0.4 is 4.74 Å². The van der Waals surface area contributed by atoms with Gasteiger partial charge in [0.2, 0.25) is 5.91 Å². The molecule has 1 aromatic carbocycles. The number of carbonyl (C=O) groups is 2. The van der Waals surface area contributed by atoms with Crippen LogP contribution in [0.15, 0.2) is 18.2 Å². The number of ether oxygens (including phenoxy) is 1. The number of halogens is 1. The van der Waals surface area contributed by atoms with Crippen molar-refractivity contribution >= 4 is 11.8 Å². The van der Waals surface area contributed by atoms with E-state index in [0.717, 1.165) is 6.42 Å². The Hall–Kier alpha value is -2.11. The van der Waals surface area contributed by atoms with E-state index in [1.807, 2.05) is 25.7 Å². The maximum atomic E-state index is 13.8. The van der Waals surface area contributed by atoms with Crippen LogP contribution in [0.1, 0.15) is 44.0 Å². The summed E-state index contributed by atoms with van der Waals surface area (Å²) in [4.78, 5) is 28.5. The minimum atomic E-state index is -0.551. The summed E-state index contributed by atoms with van der Waals surface area (Å²) in [5, 5.41) is 0. The number of rotatable bonds is 3. The monoisotopic (exact) mass is 350 g/mol. The number of methoxy groups -OCH3 is 1. The third kappa shape index (κ3) is 5.18. The zero-order valence-corrected chi connectivity index (χ0v) is 15.5. The molecule has 1 aliphatic heterocycles. The summed E-state index contributed by atoms with van der Waals surface area (Å²) in [6.45, 7) is 8.30. The molecule has 2 amide bonds. The van der Waals surface area contributed by atoms with Gasteiger partial charge in [-0.1, -0.05) is 20.8 Å². The Morgan fingerprint density at radius 1 is 1.12 bits per heavy atom. The van der Waals surface area contributed by atoms with Gasteiger partial charge in [-0.15, -0.1) is 0 Å². The van der Waals surface area contributed by atoms with Crippen LogP contribution in [0.25, 0.3) is 0 Å². The van der Waals surface area contributed by atoms with Crippen LogP contribution in [0.3, 0.4) is 0 Å². The zero-order chi connectivity index (χ0) is 18.6. The second-order valence-corrected chi connectivity index (χ2v) is 7.61. The van der Waals surface area contributed by atoms with Crippen LogP contribution in [0, 0.1) is 11.2 Å². The van der Waals surface area contributed by atoms with Crippen LogP contribution in [-0.2, 0) is 4.79 Å². The molecule has 1 fully saturated rings. The van der Waals surface area contributed by atoms with E-state index in [-0.39, 0.29) is 23.0 Å². The van der Waals surface area contributed by atoms with Crippen molar-refractivity contribution in [2.24, 2.45) is 5.41 Å². The third-order valence-electron chi connectivity index (χ3n) is 4.22. The minimum Gasteiger partial charge on any atom is -0.494 e. The Bertz CT molecular complexity index is 640. The molecule has 0 spiro atoms. The van der Waals surface area contributed by atoms with E-state index in [4.69, 9.17) is 4.74 Å². The summed E-state index contributed by atoms with van der Waals surface area (Å²) >= 11 is 0. The van der Waals surface area contributed by atoms with Crippen LogP contribution in [0.2, 0.25) is 0 Å². The summed E-state index contributed by atoms with van der Waals surface area (Å²) in [5.74, 6) is -0.527. The number of hydrogen-bond acceptors (Lipinski definition) is 3. The normalized spacial score (nSPS) is 15.7. The smallest absolute Gasteiger partial charge is 0.254 e. The van der Waals surface area contributed by atoms with Crippen molar-refractivity contribution < 1.29 is 18.7 Å². The van der Waals surface area contributed by atoms with Crippen LogP contribution >= 0.6 is 0 Å². The molecule has 138 valence electrons. The number of hydrogen-bond donors (Lipinski definition) is 0. The van der Waals surface area contributed by atoms with Crippen LogP contribution in [-0.4, -0.2) is 54.9 Å². The van der Waals surface area contributed by atoms with Crippen molar-refractivity contribution in [1.29, 1.82) is 0 Å². The molecule has 1 aromatic rings. The first-order chi connectivity index (χ1) is 11.7. The lowest BCUT2D eigenvalue weighted by molar-refractivity contribution is -0.132. The van der Waals surface area contributed by atoms with Crippen molar-refractivity contribution in [2.45, 2.75) is 33.6 Å². The SMILES string of the molecule is COc1ccc(C(=O)N2CCCN(C(=O)CC(C)(C)C)CC2)cc1F. The van der Waals surface area contributed by atoms with Crippen molar-refractivity contribution in [3.05, 3.63) is 29.6 Å². The maximum Gasteiger partial charge on any atom is 0.254 e. The molecule has 1 saturated heterocycles. The van der Waals surface area contributed by atoms with Crippen LogP contribution in [0.4, 0.5) is 4.39 Å². The van der Waals surface area contributed by atoms with Gasteiger partial charge >= 0.3 is 0 Å². The molecule has 0 saturated carbocycles. The van der Waals surface area contributed by atoms with Crippen molar-refractivity contribution in [1.82, 2.24) is 9.80 Å². The van der Waals surface area contributed by atoms with Gasteiger partial charge < -0.3 is 14.5 Å². The first-order valence-corrected chi connectivity index (χ1v) is 8.62. The topological polar surface area (TPSA) is 49.9 Å². The molecular weight excluding hydrogens is 323 g/mol. The van der Waals surface area contributed by atoms with Gasteiger partial charge in [0.1, 0.15) is 0 Å². The molecule has 25 heavy (non-hydrogen) atoms. The Morgan fingerprint density at radius 2 is 1.76 bits per heavy atom. The Labute approximate surface area is 148 Å². The Morgan fingerprint density at radius 3 is 2.36 bits per heavy atom. The minimum absolute atomic E-state index is 0.0560. The largest absolute Gasteiger partial charge is 0.494 e. The van der Waals surface area contributed by atoms with E-state index < -0.39 is 5.82 Å². The molecule has 0 unspecified atom stereocenters. The highest BCUT2D eigenvalue weighted by atomic mass is 19.1. The Balaban J connectivity index is 2.01. The van der Waals surface area contributed by atoms with Gasteiger partial charge in [0.15, 0.2) is 11.6 Å². The molecule has 0 bridgehead atoms. The molecule has 6 heteroatoms. The molecule has 0 aromatic heterocycles. The van der Waals surface area contributed by atoms with Gasteiger partial charge in [-0.25, -0.2) is 4.39 Å². The fourth-order valence-corrected chi connectivity index (χ4v) is 2.92. The van der Waals surface area contributed by atoms with Crippen LogP contribution in [0.5, 0.6) is 5.75 Å². The van der Waals surface area contributed by atoms with Crippen molar-refractivity contribution in [2.75, 3.05) is 33.3 Å². The van der Waals surface area contributed by atoms with E-state index in [1.165, 1.54) is 19.2 Å². The lowest BCUT2D eigenvalue weighted by Gasteiger charge is -2.25. The molecule has 0 radical (unpaired) electrons. The van der Waals surface area contributed by atoms with Gasteiger partial charge in [0.05, 0.1) is 7.11 Å². The average molecular weight is 350 g/mol. The van der Waals surface area contributed by atoms with E-state index >= 15 is 0 Å². The van der Waals surface area contributed by atoms with Crippen molar-refractivity contribution in [3.63, 3.8) is 0 Å². The maximum absolute atomic E-state index is 13.8. The Kier molecular flexibility index (Phi) is 6.03. The fourth-order valence-electron chi connectivity index (χ4n) is 2.92. The summed E-state index contributed by atoms with van der Waals surface area (Å²) < 4.78 is 18.7. The first-order valence-electron chi connectivity index (χ1n) is 8.62. The summed E-state index contributed by atoms with van der Waals surface area (Å²) in [6, 6.07) is 4.23. The summed E-state index contributed by atoms with van der Waals surface area (Å²) in [7, 11) is 1.39. The van der Waals surface area contributed by atoms with Gasteiger partial charge in [-0.2, -0.15) is 0 Å². The van der Waals surface area contributed by atoms with E-state index in [1.54, 1.807) is 11.0 Å². The highest BCUT2D eigenvalue weighted by Gasteiger charge is 2.25. The van der Waals surface area contributed by atoms with Crippen molar-refractivity contribution in [3.8, 4) is 5.75 Å². The predicted octanol–water partition coefficient (Wildman–Crippen LogP) is 2.95. The third-order valence-corrected chi connectivity index (χ3v) is 4.22. The second kappa shape index (κ2) is 7.85. The van der Waals surface area contributed by atoms with E-state index in [2.05, 4.69) is 0 Å². The molecule has 1 aliphatic rings.